The van der Waals surface area contributed by atoms with Crippen LogP contribution in [-0.2, 0) is 9.59 Å². The standard InChI is InChI=1S/C21H27N3O3/c25-18-3-4-22-12-16(18)23-19(26)17-2-1-5-24(17)20(27)21-9-13-6-14(10-21)8-15(7-13)11-21/h3-4,12-15,17H,1-2,5-11H2,(H,22,25)(H,23,26). The van der Waals surface area contributed by atoms with Crippen molar-refractivity contribution >= 4 is 17.5 Å². The van der Waals surface area contributed by atoms with Crippen molar-refractivity contribution in [1.29, 1.82) is 0 Å². The SMILES string of the molecule is O=C(Nc1c[nH]ccc1=O)C1CCCN1C(=O)C12CC3CC(CC(C3)C1)C2. The Balaban J connectivity index is 1.35. The number of H-pyrrole nitrogens is 1. The molecule has 1 aromatic rings. The lowest BCUT2D eigenvalue weighted by atomic mass is 9.49. The van der Waals surface area contributed by atoms with E-state index in [1.165, 1.54) is 37.7 Å². The molecule has 4 aliphatic carbocycles. The summed E-state index contributed by atoms with van der Waals surface area (Å²) in [5, 5.41) is 2.73. The second-order valence-corrected chi connectivity index (χ2v) is 9.27. The third-order valence-electron chi connectivity index (χ3n) is 7.39. The molecule has 1 aromatic heterocycles. The fraction of sp³-hybridized carbons (Fsp3) is 0.667. The van der Waals surface area contributed by atoms with Crippen LogP contribution in [0.15, 0.2) is 23.3 Å². The van der Waals surface area contributed by atoms with E-state index in [-0.39, 0.29) is 28.3 Å². The topological polar surface area (TPSA) is 82.3 Å². The summed E-state index contributed by atoms with van der Waals surface area (Å²) in [5.41, 5.74) is -0.197. The van der Waals surface area contributed by atoms with Gasteiger partial charge in [0.15, 0.2) is 0 Å². The van der Waals surface area contributed by atoms with Crippen LogP contribution in [0.3, 0.4) is 0 Å². The highest BCUT2D eigenvalue weighted by molar-refractivity contribution is 5.98. The average molecular weight is 369 g/mol. The summed E-state index contributed by atoms with van der Waals surface area (Å²) in [6.45, 7) is 0.657. The predicted molar refractivity (Wildman–Crippen MR) is 101 cm³/mol. The van der Waals surface area contributed by atoms with Gasteiger partial charge < -0.3 is 15.2 Å². The number of anilines is 1. The van der Waals surface area contributed by atoms with E-state index in [0.717, 1.165) is 25.7 Å². The highest BCUT2D eigenvalue weighted by Gasteiger charge is 2.56. The van der Waals surface area contributed by atoms with Crippen LogP contribution >= 0.6 is 0 Å². The van der Waals surface area contributed by atoms with E-state index in [1.807, 2.05) is 4.90 Å². The average Bonchev–Trinajstić information content (AvgIpc) is 3.11. The number of aromatic nitrogens is 1. The predicted octanol–water partition coefficient (Wildman–Crippen LogP) is 2.52. The van der Waals surface area contributed by atoms with Crippen molar-refractivity contribution in [1.82, 2.24) is 9.88 Å². The molecule has 2 amide bonds. The molecule has 1 atom stereocenters. The number of amides is 2. The van der Waals surface area contributed by atoms with E-state index in [9.17, 15) is 14.4 Å². The first-order valence-electron chi connectivity index (χ1n) is 10.3. The van der Waals surface area contributed by atoms with Crippen LogP contribution in [0.5, 0.6) is 0 Å². The van der Waals surface area contributed by atoms with E-state index >= 15 is 0 Å². The van der Waals surface area contributed by atoms with Crippen molar-refractivity contribution < 1.29 is 9.59 Å². The van der Waals surface area contributed by atoms with Gasteiger partial charge >= 0.3 is 0 Å². The Bertz CT molecular complexity index is 795. The van der Waals surface area contributed by atoms with Gasteiger partial charge in [0.05, 0.1) is 5.41 Å². The number of hydrogen-bond acceptors (Lipinski definition) is 3. The maximum Gasteiger partial charge on any atom is 0.247 e. The molecule has 144 valence electrons. The number of likely N-dealkylation sites (tertiary alicyclic amines) is 1. The lowest BCUT2D eigenvalue weighted by molar-refractivity contribution is -0.160. The second kappa shape index (κ2) is 6.21. The molecule has 0 spiro atoms. The van der Waals surface area contributed by atoms with E-state index in [0.29, 0.717) is 30.7 Å². The smallest absolute Gasteiger partial charge is 0.247 e. The van der Waals surface area contributed by atoms with Crippen LogP contribution in [-0.4, -0.2) is 34.3 Å². The molecule has 6 nitrogen and oxygen atoms in total. The van der Waals surface area contributed by atoms with E-state index < -0.39 is 6.04 Å². The molecule has 4 bridgehead atoms. The number of aromatic amines is 1. The Kier molecular flexibility index (Phi) is 3.92. The van der Waals surface area contributed by atoms with E-state index in [2.05, 4.69) is 10.3 Å². The molecule has 2 N–H and O–H groups in total. The Morgan fingerprint density at radius 3 is 2.41 bits per heavy atom. The maximum atomic E-state index is 13.6. The van der Waals surface area contributed by atoms with Crippen molar-refractivity contribution in [2.75, 3.05) is 11.9 Å². The molecule has 1 aliphatic heterocycles. The first-order valence-corrected chi connectivity index (χ1v) is 10.3. The zero-order chi connectivity index (χ0) is 18.6. The Morgan fingerprint density at radius 2 is 1.78 bits per heavy atom. The molecule has 4 saturated carbocycles. The van der Waals surface area contributed by atoms with Crippen LogP contribution in [0.2, 0.25) is 0 Å². The van der Waals surface area contributed by atoms with Gasteiger partial charge in [-0.3, -0.25) is 14.4 Å². The molecular weight excluding hydrogens is 342 g/mol. The number of hydrogen-bond donors (Lipinski definition) is 2. The van der Waals surface area contributed by atoms with Gasteiger partial charge in [0.2, 0.25) is 17.2 Å². The molecule has 2 heterocycles. The van der Waals surface area contributed by atoms with Gasteiger partial charge in [-0.1, -0.05) is 0 Å². The fourth-order valence-electron chi connectivity index (χ4n) is 6.69. The van der Waals surface area contributed by atoms with Gasteiger partial charge in [0.25, 0.3) is 0 Å². The van der Waals surface area contributed by atoms with Gasteiger partial charge in [-0.15, -0.1) is 0 Å². The highest BCUT2D eigenvalue weighted by Crippen LogP contribution is 2.60. The number of carbonyl (C=O) groups excluding carboxylic acids is 2. The molecule has 1 saturated heterocycles. The van der Waals surface area contributed by atoms with Crippen LogP contribution in [0.25, 0.3) is 0 Å². The van der Waals surface area contributed by atoms with Gasteiger partial charge in [-0.25, -0.2) is 0 Å². The summed E-state index contributed by atoms with van der Waals surface area (Å²) in [4.78, 5) is 43.0. The summed E-state index contributed by atoms with van der Waals surface area (Å²) in [7, 11) is 0. The van der Waals surface area contributed by atoms with Gasteiger partial charge in [0, 0.05) is 25.0 Å². The molecule has 5 aliphatic rings. The molecule has 1 unspecified atom stereocenters. The monoisotopic (exact) mass is 369 g/mol. The zero-order valence-corrected chi connectivity index (χ0v) is 15.6. The first kappa shape index (κ1) is 17.0. The molecular formula is C21H27N3O3. The van der Waals surface area contributed by atoms with Crippen molar-refractivity contribution in [3.63, 3.8) is 0 Å². The first-order chi connectivity index (χ1) is 13.0. The van der Waals surface area contributed by atoms with Crippen LogP contribution < -0.4 is 10.7 Å². The lowest BCUT2D eigenvalue weighted by Crippen LogP contribution is -2.56. The van der Waals surface area contributed by atoms with E-state index in [4.69, 9.17) is 0 Å². The summed E-state index contributed by atoms with van der Waals surface area (Å²) >= 11 is 0. The fourth-order valence-corrected chi connectivity index (χ4v) is 6.69. The summed E-state index contributed by atoms with van der Waals surface area (Å²) in [6, 6.07) is 0.938. The molecule has 0 aromatic carbocycles. The van der Waals surface area contributed by atoms with E-state index in [1.54, 1.807) is 0 Å². The van der Waals surface area contributed by atoms with Crippen LogP contribution in [0.1, 0.15) is 51.4 Å². The molecule has 27 heavy (non-hydrogen) atoms. The summed E-state index contributed by atoms with van der Waals surface area (Å²) < 4.78 is 0. The number of carbonyl (C=O) groups is 2. The maximum absolute atomic E-state index is 13.6. The minimum Gasteiger partial charge on any atom is -0.366 e. The Labute approximate surface area is 158 Å². The zero-order valence-electron chi connectivity index (χ0n) is 15.6. The number of nitrogens with one attached hydrogen (secondary N) is 2. The van der Waals surface area contributed by atoms with Crippen molar-refractivity contribution in [2.24, 2.45) is 23.2 Å². The largest absolute Gasteiger partial charge is 0.366 e. The molecule has 6 rings (SSSR count). The minimum absolute atomic E-state index is 0.209. The summed E-state index contributed by atoms with van der Waals surface area (Å²) in [5.74, 6) is 2.09. The molecule has 0 radical (unpaired) electrons. The summed E-state index contributed by atoms with van der Waals surface area (Å²) in [6.07, 6.45) is 11.5. The Hall–Kier alpha value is -2.11. The third kappa shape index (κ3) is 2.80. The minimum atomic E-state index is -0.454. The normalized spacial score (nSPS) is 36.8. The van der Waals surface area contributed by atoms with Crippen LogP contribution in [0, 0.1) is 23.2 Å². The number of rotatable bonds is 3. The van der Waals surface area contributed by atoms with Crippen molar-refractivity contribution in [3.05, 3.63) is 28.7 Å². The highest BCUT2D eigenvalue weighted by atomic mass is 16.2. The number of nitrogens with zero attached hydrogens (tertiary/aromatic N) is 1. The Morgan fingerprint density at radius 1 is 1.11 bits per heavy atom. The van der Waals surface area contributed by atoms with Gasteiger partial charge in [0.1, 0.15) is 11.7 Å². The molecule has 5 fully saturated rings. The quantitative estimate of drug-likeness (QED) is 0.859. The lowest BCUT2D eigenvalue weighted by Gasteiger charge is -2.56. The van der Waals surface area contributed by atoms with Crippen molar-refractivity contribution in [2.45, 2.75) is 57.4 Å². The van der Waals surface area contributed by atoms with Gasteiger partial charge in [-0.05, 0) is 69.1 Å². The molecule has 6 heteroatoms. The van der Waals surface area contributed by atoms with Gasteiger partial charge in [-0.2, -0.15) is 0 Å². The third-order valence-corrected chi connectivity index (χ3v) is 7.39. The number of pyridine rings is 1. The second-order valence-electron chi connectivity index (χ2n) is 9.27. The van der Waals surface area contributed by atoms with Crippen molar-refractivity contribution in [3.8, 4) is 0 Å². The van der Waals surface area contributed by atoms with Crippen LogP contribution in [0.4, 0.5) is 5.69 Å².